The van der Waals surface area contributed by atoms with Gasteiger partial charge in [0.05, 0.1) is 6.04 Å². The smallest absolute Gasteiger partial charge is 0.150 e. The molecule has 2 unspecified atom stereocenters. The second-order valence-electron chi connectivity index (χ2n) is 6.37. The van der Waals surface area contributed by atoms with Gasteiger partial charge < -0.3 is 5.73 Å². The van der Waals surface area contributed by atoms with Crippen LogP contribution in [-0.4, -0.2) is 20.8 Å². The summed E-state index contributed by atoms with van der Waals surface area (Å²) in [5.74, 6) is 3.10. The molecule has 0 spiro atoms. The van der Waals surface area contributed by atoms with Crippen LogP contribution in [-0.2, 0) is 12.8 Å². The van der Waals surface area contributed by atoms with Gasteiger partial charge in [-0.25, -0.2) is 9.67 Å². The van der Waals surface area contributed by atoms with E-state index >= 15 is 0 Å². The number of hydrogen-bond acceptors (Lipinski definition) is 3. The zero-order chi connectivity index (χ0) is 13.2. The molecule has 2 heterocycles. The van der Waals surface area contributed by atoms with Gasteiger partial charge in [-0.3, -0.25) is 0 Å². The van der Waals surface area contributed by atoms with Crippen molar-refractivity contribution < 1.29 is 0 Å². The van der Waals surface area contributed by atoms with Crippen molar-refractivity contribution in [1.29, 1.82) is 0 Å². The first-order valence-electron chi connectivity index (χ1n) is 7.94. The third kappa shape index (κ3) is 2.83. The summed E-state index contributed by atoms with van der Waals surface area (Å²) in [6.45, 7) is 2.16. The first kappa shape index (κ1) is 13.1. The lowest BCUT2D eigenvalue weighted by atomic mass is 9.86. The van der Waals surface area contributed by atoms with Gasteiger partial charge in [0.2, 0.25) is 0 Å². The molecule has 0 radical (unpaired) electrons. The molecule has 1 aliphatic heterocycles. The zero-order valence-corrected chi connectivity index (χ0v) is 12.0. The molecular weight excluding hydrogens is 236 g/mol. The van der Waals surface area contributed by atoms with Gasteiger partial charge >= 0.3 is 0 Å². The van der Waals surface area contributed by atoms with Crippen LogP contribution in [0.2, 0.25) is 0 Å². The van der Waals surface area contributed by atoms with E-state index in [1.165, 1.54) is 38.5 Å². The van der Waals surface area contributed by atoms with Crippen molar-refractivity contribution >= 4 is 0 Å². The number of nitrogens with two attached hydrogens (primary N) is 1. The lowest BCUT2D eigenvalue weighted by Gasteiger charge is -2.26. The monoisotopic (exact) mass is 262 g/mol. The lowest BCUT2D eigenvalue weighted by molar-refractivity contribution is 0.331. The summed E-state index contributed by atoms with van der Waals surface area (Å²) in [6, 6.07) is 0.542. The fourth-order valence-electron chi connectivity index (χ4n) is 3.53. The minimum atomic E-state index is 0.236. The summed E-state index contributed by atoms with van der Waals surface area (Å²) in [5.41, 5.74) is 6.10. The molecule has 2 atom stereocenters. The molecule has 2 aliphatic rings. The topological polar surface area (TPSA) is 56.7 Å². The van der Waals surface area contributed by atoms with Crippen molar-refractivity contribution in [2.75, 3.05) is 0 Å². The van der Waals surface area contributed by atoms with Crippen LogP contribution in [0.5, 0.6) is 0 Å². The Hall–Kier alpha value is -0.900. The Morgan fingerprint density at radius 1 is 1.21 bits per heavy atom. The Labute approximate surface area is 115 Å². The lowest BCUT2D eigenvalue weighted by Crippen LogP contribution is -2.36. The van der Waals surface area contributed by atoms with Crippen LogP contribution in [0.1, 0.15) is 69.6 Å². The van der Waals surface area contributed by atoms with Gasteiger partial charge in [-0.15, -0.1) is 0 Å². The van der Waals surface area contributed by atoms with Crippen LogP contribution in [0.25, 0.3) is 0 Å². The zero-order valence-electron chi connectivity index (χ0n) is 12.0. The van der Waals surface area contributed by atoms with Crippen LogP contribution >= 0.6 is 0 Å². The van der Waals surface area contributed by atoms with Crippen LogP contribution in [0.4, 0.5) is 0 Å². The quantitative estimate of drug-likeness (QED) is 0.911. The molecule has 0 amide bonds. The predicted molar refractivity (Wildman–Crippen MR) is 75.9 cm³/mol. The van der Waals surface area contributed by atoms with Crippen molar-refractivity contribution in [3.05, 3.63) is 11.6 Å². The predicted octanol–water partition coefficient (Wildman–Crippen LogP) is 2.63. The maximum absolute atomic E-state index is 6.10. The van der Waals surface area contributed by atoms with E-state index in [0.29, 0.717) is 6.04 Å². The number of fused-ring (bicyclic) bond motifs is 1. The first-order chi connectivity index (χ1) is 9.24. The van der Waals surface area contributed by atoms with Crippen molar-refractivity contribution in [2.45, 2.75) is 76.8 Å². The highest BCUT2D eigenvalue weighted by atomic mass is 15.4. The van der Waals surface area contributed by atoms with Gasteiger partial charge in [-0.1, -0.05) is 32.1 Å². The molecular formula is C15H26N4. The summed E-state index contributed by atoms with van der Waals surface area (Å²) < 4.78 is 2.07. The van der Waals surface area contributed by atoms with Gasteiger partial charge in [0.25, 0.3) is 0 Å². The van der Waals surface area contributed by atoms with Gasteiger partial charge in [0.1, 0.15) is 5.82 Å². The van der Waals surface area contributed by atoms with Gasteiger partial charge in [0, 0.05) is 18.9 Å². The molecule has 0 saturated heterocycles. The number of rotatable bonds is 3. The highest BCUT2D eigenvalue weighted by Crippen LogP contribution is 2.28. The summed E-state index contributed by atoms with van der Waals surface area (Å²) in [5, 5.41) is 4.69. The maximum Gasteiger partial charge on any atom is 0.150 e. The maximum atomic E-state index is 6.10. The van der Waals surface area contributed by atoms with E-state index in [1.807, 2.05) is 0 Å². The summed E-state index contributed by atoms with van der Waals surface area (Å²) in [4.78, 5) is 4.72. The van der Waals surface area contributed by atoms with E-state index < -0.39 is 0 Å². The first-order valence-corrected chi connectivity index (χ1v) is 7.94. The second kappa shape index (κ2) is 5.61. The van der Waals surface area contributed by atoms with Gasteiger partial charge in [0.15, 0.2) is 5.82 Å². The van der Waals surface area contributed by atoms with E-state index in [2.05, 4.69) is 11.6 Å². The number of aryl methyl sites for hydroxylation is 2. The molecule has 1 aliphatic carbocycles. The van der Waals surface area contributed by atoms with Gasteiger partial charge in [-0.2, -0.15) is 5.10 Å². The van der Waals surface area contributed by atoms with Crippen LogP contribution in [0.3, 0.4) is 0 Å². The van der Waals surface area contributed by atoms with E-state index in [1.54, 1.807) is 0 Å². The molecule has 106 valence electrons. The summed E-state index contributed by atoms with van der Waals surface area (Å²) in [6.07, 6.45) is 11.4. The number of hydrogen-bond donors (Lipinski definition) is 1. The van der Waals surface area contributed by atoms with E-state index in [9.17, 15) is 0 Å². The SMILES string of the molecule is CC1C(N)CCc2nc(CCC3CCCCC3)nn21. The Morgan fingerprint density at radius 3 is 2.79 bits per heavy atom. The minimum absolute atomic E-state index is 0.236. The molecule has 3 rings (SSSR count). The van der Waals surface area contributed by atoms with E-state index in [-0.39, 0.29) is 6.04 Å². The Morgan fingerprint density at radius 2 is 2.00 bits per heavy atom. The van der Waals surface area contributed by atoms with Crippen LogP contribution in [0.15, 0.2) is 0 Å². The third-order valence-electron chi connectivity index (χ3n) is 4.95. The largest absolute Gasteiger partial charge is 0.326 e. The van der Waals surface area contributed by atoms with E-state index in [4.69, 9.17) is 15.8 Å². The molecule has 1 fully saturated rings. The Bertz CT molecular complexity index is 420. The summed E-state index contributed by atoms with van der Waals surface area (Å²) in [7, 11) is 0. The van der Waals surface area contributed by atoms with Crippen LogP contribution in [0, 0.1) is 5.92 Å². The van der Waals surface area contributed by atoms with E-state index in [0.717, 1.165) is 36.8 Å². The average molecular weight is 262 g/mol. The average Bonchev–Trinajstić information content (AvgIpc) is 2.86. The summed E-state index contributed by atoms with van der Waals surface area (Å²) >= 11 is 0. The fourth-order valence-corrected chi connectivity index (χ4v) is 3.53. The number of nitrogens with zero attached hydrogens (tertiary/aromatic N) is 3. The van der Waals surface area contributed by atoms with Crippen molar-refractivity contribution in [2.24, 2.45) is 11.7 Å². The van der Waals surface area contributed by atoms with Crippen molar-refractivity contribution in [3.8, 4) is 0 Å². The molecule has 1 saturated carbocycles. The Balaban J connectivity index is 1.61. The standard InChI is InChI=1S/C15H26N4/c1-11-13(16)8-10-15-17-14(18-19(11)15)9-7-12-5-3-2-4-6-12/h11-13H,2-10,16H2,1H3. The second-order valence-corrected chi connectivity index (χ2v) is 6.37. The van der Waals surface area contributed by atoms with Crippen molar-refractivity contribution in [3.63, 3.8) is 0 Å². The third-order valence-corrected chi connectivity index (χ3v) is 4.95. The van der Waals surface area contributed by atoms with Crippen molar-refractivity contribution in [1.82, 2.24) is 14.8 Å². The normalized spacial score (nSPS) is 28.3. The molecule has 0 bridgehead atoms. The highest BCUT2D eigenvalue weighted by molar-refractivity contribution is 5.01. The Kier molecular flexibility index (Phi) is 3.87. The molecule has 1 aromatic rings. The minimum Gasteiger partial charge on any atom is -0.326 e. The van der Waals surface area contributed by atoms with Crippen LogP contribution < -0.4 is 5.73 Å². The molecule has 4 heteroatoms. The number of aromatic nitrogens is 3. The van der Waals surface area contributed by atoms with Gasteiger partial charge in [-0.05, 0) is 25.7 Å². The molecule has 4 nitrogen and oxygen atoms in total. The molecule has 1 aromatic heterocycles. The fraction of sp³-hybridized carbons (Fsp3) is 0.867. The molecule has 2 N–H and O–H groups in total. The molecule has 19 heavy (non-hydrogen) atoms. The molecule has 0 aromatic carbocycles. The highest BCUT2D eigenvalue weighted by Gasteiger charge is 2.26.